The molecule has 0 saturated carbocycles. The highest BCUT2D eigenvalue weighted by atomic mass is 35.5. The molecule has 1 atom stereocenters. The van der Waals surface area contributed by atoms with Crippen molar-refractivity contribution >= 4 is 23.6 Å². The van der Waals surface area contributed by atoms with Crippen molar-refractivity contribution in [2.24, 2.45) is 10.8 Å². The Bertz CT molecular complexity index is 773. The molecule has 4 nitrogen and oxygen atoms in total. The fraction of sp³-hybridized carbons (Fsp3) is 0.235. The first-order chi connectivity index (χ1) is 11.0. The van der Waals surface area contributed by atoms with E-state index in [1.807, 2.05) is 30.9 Å². The fourth-order valence-electron chi connectivity index (χ4n) is 2.82. The van der Waals surface area contributed by atoms with E-state index in [1.54, 1.807) is 12.4 Å². The minimum absolute atomic E-state index is 0.238. The van der Waals surface area contributed by atoms with E-state index in [1.165, 1.54) is 12.1 Å². The Morgan fingerprint density at radius 1 is 1.39 bits per heavy atom. The van der Waals surface area contributed by atoms with Crippen LogP contribution in [0, 0.1) is 12.7 Å². The van der Waals surface area contributed by atoms with Gasteiger partial charge >= 0.3 is 0 Å². The van der Waals surface area contributed by atoms with Crippen LogP contribution in [0.25, 0.3) is 11.1 Å². The highest BCUT2D eigenvalue weighted by molar-refractivity contribution is 6.32. The zero-order chi connectivity index (χ0) is 16.6. The van der Waals surface area contributed by atoms with E-state index in [-0.39, 0.29) is 11.9 Å². The van der Waals surface area contributed by atoms with Crippen LogP contribution in [0.2, 0.25) is 5.02 Å². The summed E-state index contributed by atoms with van der Waals surface area (Å²) < 4.78 is 13.8. The highest BCUT2D eigenvalue weighted by Crippen LogP contribution is 2.42. The first-order valence-electron chi connectivity index (χ1n) is 7.36. The van der Waals surface area contributed by atoms with Crippen LogP contribution in [0.5, 0.6) is 0 Å². The van der Waals surface area contributed by atoms with Crippen molar-refractivity contribution < 1.29 is 4.39 Å². The Balaban J connectivity index is 2.33. The number of nitrogens with zero attached hydrogens (tertiary/aromatic N) is 2. The molecule has 0 bridgehead atoms. The molecule has 1 aliphatic heterocycles. The van der Waals surface area contributed by atoms with Gasteiger partial charge in [-0.3, -0.25) is 5.43 Å². The van der Waals surface area contributed by atoms with Gasteiger partial charge in [0.05, 0.1) is 5.69 Å². The van der Waals surface area contributed by atoms with E-state index < -0.39 is 0 Å². The Labute approximate surface area is 139 Å². The predicted molar refractivity (Wildman–Crippen MR) is 93.2 cm³/mol. The number of hydrogen-bond donors (Lipinski definition) is 2. The predicted octanol–water partition coefficient (Wildman–Crippen LogP) is 3.78. The van der Waals surface area contributed by atoms with Crippen LogP contribution in [0.15, 0.2) is 35.4 Å². The molecule has 1 unspecified atom stereocenters. The summed E-state index contributed by atoms with van der Waals surface area (Å²) in [7, 11) is 0. The van der Waals surface area contributed by atoms with Gasteiger partial charge in [-0.25, -0.2) is 4.39 Å². The maximum absolute atomic E-state index is 13.8. The van der Waals surface area contributed by atoms with Crippen LogP contribution in [0.4, 0.5) is 10.1 Å². The number of halogens is 2. The number of hydrazone groups is 1. The number of benzene rings is 2. The molecule has 0 radical (unpaired) electrons. The molecule has 0 amide bonds. The first kappa shape index (κ1) is 15.8. The van der Waals surface area contributed by atoms with Crippen LogP contribution in [-0.2, 0) is 0 Å². The second kappa shape index (κ2) is 6.18. The van der Waals surface area contributed by atoms with E-state index >= 15 is 0 Å². The molecular formula is C17H18ClFN4. The van der Waals surface area contributed by atoms with Crippen molar-refractivity contribution in [1.82, 2.24) is 5.43 Å². The van der Waals surface area contributed by atoms with E-state index in [4.69, 9.17) is 17.3 Å². The highest BCUT2D eigenvalue weighted by Gasteiger charge is 2.23. The summed E-state index contributed by atoms with van der Waals surface area (Å²) >= 11 is 6.41. The minimum atomic E-state index is -0.287. The zero-order valence-electron chi connectivity index (χ0n) is 13.0. The molecule has 1 heterocycles. The molecule has 0 saturated heterocycles. The lowest BCUT2D eigenvalue weighted by Crippen LogP contribution is -2.25. The maximum Gasteiger partial charge on any atom is 0.123 e. The van der Waals surface area contributed by atoms with Crippen LogP contribution in [-0.4, -0.2) is 13.0 Å². The third-order valence-corrected chi connectivity index (χ3v) is 4.33. The van der Waals surface area contributed by atoms with E-state index in [2.05, 4.69) is 10.5 Å². The number of hydrogen-bond acceptors (Lipinski definition) is 4. The van der Waals surface area contributed by atoms with Crippen LogP contribution >= 0.6 is 11.6 Å². The summed E-state index contributed by atoms with van der Waals surface area (Å²) in [4.78, 5) is 1.95. The summed E-state index contributed by atoms with van der Waals surface area (Å²) in [5, 5.41) is 4.67. The number of rotatable bonds is 3. The molecule has 0 aromatic heterocycles. The van der Waals surface area contributed by atoms with Crippen molar-refractivity contribution in [2.45, 2.75) is 19.9 Å². The summed E-state index contributed by atoms with van der Waals surface area (Å²) in [6.07, 6.45) is 1.70. The van der Waals surface area contributed by atoms with E-state index in [0.29, 0.717) is 11.7 Å². The topological polar surface area (TPSA) is 53.6 Å². The fourth-order valence-corrected chi connectivity index (χ4v) is 3.03. The van der Waals surface area contributed by atoms with Gasteiger partial charge in [-0.1, -0.05) is 23.7 Å². The molecule has 0 aliphatic carbocycles. The molecule has 0 spiro atoms. The van der Waals surface area contributed by atoms with E-state index in [0.717, 1.165) is 27.9 Å². The van der Waals surface area contributed by atoms with Gasteiger partial charge in [0.15, 0.2) is 0 Å². The minimum Gasteiger partial charge on any atom is -0.324 e. The second-order valence-corrected chi connectivity index (χ2v) is 6.03. The Hall–Kier alpha value is -2.11. The zero-order valence-corrected chi connectivity index (χ0v) is 13.7. The smallest absolute Gasteiger partial charge is 0.123 e. The van der Waals surface area contributed by atoms with Crippen LogP contribution in [0.1, 0.15) is 24.1 Å². The van der Waals surface area contributed by atoms with Crippen LogP contribution in [0.3, 0.4) is 0 Å². The standard InChI is InChI=1S/C17H18ClFN4/c1-10-15(18)7-14(11(2)20)16(12-4-3-5-13(19)6-12)17(10)23-8-21-22-9-23/h3-8,11,22H,9,20H2,1-2H3. The van der Waals surface area contributed by atoms with Crippen molar-refractivity contribution in [3.05, 3.63) is 52.3 Å². The third-order valence-electron chi connectivity index (χ3n) is 3.94. The first-order valence-corrected chi connectivity index (χ1v) is 7.74. The molecule has 3 rings (SSSR count). The van der Waals surface area contributed by atoms with Gasteiger partial charge < -0.3 is 10.6 Å². The van der Waals surface area contributed by atoms with Gasteiger partial charge in [-0.05, 0) is 48.7 Å². The summed E-state index contributed by atoms with van der Waals surface area (Å²) in [5.74, 6) is -0.287. The van der Waals surface area contributed by atoms with Gasteiger partial charge in [0.1, 0.15) is 18.8 Å². The molecule has 3 N–H and O–H groups in total. The van der Waals surface area contributed by atoms with Crippen molar-refractivity contribution in [3.63, 3.8) is 0 Å². The molecule has 6 heteroatoms. The van der Waals surface area contributed by atoms with Crippen LogP contribution < -0.4 is 16.1 Å². The lowest BCUT2D eigenvalue weighted by atomic mass is 9.91. The molecule has 120 valence electrons. The third kappa shape index (κ3) is 2.90. The molecule has 0 fully saturated rings. The van der Waals surface area contributed by atoms with Gasteiger partial charge in [-0.15, -0.1) is 0 Å². The van der Waals surface area contributed by atoms with Gasteiger partial charge in [0, 0.05) is 16.6 Å². The van der Waals surface area contributed by atoms with Gasteiger partial charge in [0.25, 0.3) is 0 Å². The molecule has 2 aromatic rings. The van der Waals surface area contributed by atoms with Gasteiger partial charge in [-0.2, -0.15) is 5.10 Å². The van der Waals surface area contributed by atoms with Crippen molar-refractivity contribution in [1.29, 1.82) is 0 Å². The molecule has 1 aliphatic rings. The Morgan fingerprint density at radius 2 is 2.17 bits per heavy atom. The monoisotopic (exact) mass is 332 g/mol. The second-order valence-electron chi connectivity index (χ2n) is 5.63. The molecule has 23 heavy (non-hydrogen) atoms. The Morgan fingerprint density at radius 3 is 2.78 bits per heavy atom. The molecular weight excluding hydrogens is 315 g/mol. The lowest BCUT2D eigenvalue weighted by molar-refractivity contribution is 0.628. The summed E-state index contributed by atoms with van der Waals surface area (Å²) in [6.45, 7) is 4.36. The number of nitrogens with one attached hydrogen (secondary N) is 1. The van der Waals surface area contributed by atoms with Crippen molar-refractivity contribution in [3.8, 4) is 11.1 Å². The Kier molecular flexibility index (Phi) is 4.24. The average molecular weight is 333 g/mol. The normalized spacial score (nSPS) is 14.9. The van der Waals surface area contributed by atoms with Gasteiger partial charge in [0.2, 0.25) is 0 Å². The largest absolute Gasteiger partial charge is 0.324 e. The summed E-state index contributed by atoms with van der Waals surface area (Å²) in [5.41, 5.74) is 13.4. The molecule has 2 aromatic carbocycles. The van der Waals surface area contributed by atoms with E-state index in [9.17, 15) is 4.39 Å². The average Bonchev–Trinajstić information content (AvgIpc) is 3.03. The SMILES string of the molecule is Cc1c(Cl)cc(C(C)N)c(-c2cccc(F)c2)c1N1C=NNC1. The number of anilines is 1. The summed E-state index contributed by atoms with van der Waals surface area (Å²) in [6, 6.07) is 8.14. The van der Waals surface area contributed by atoms with Crippen molar-refractivity contribution in [2.75, 3.05) is 11.6 Å². The maximum atomic E-state index is 13.8. The number of nitrogens with two attached hydrogens (primary N) is 1. The quantitative estimate of drug-likeness (QED) is 0.899. The lowest BCUT2D eigenvalue weighted by Gasteiger charge is -2.25.